The van der Waals surface area contributed by atoms with E-state index >= 15 is 0 Å². The molecule has 0 radical (unpaired) electrons. The largest absolute Gasteiger partial charge is 0.494 e. The number of nitrogen functional groups attached to an aromatic ring is 2. The number of carboxylic acid groups (broad SMARTS) is 1. The molecule has 1 unspecified atom stereocenters. The third kappa shape index (κ3) is 4.79. The van der Waals surface area contributed by atoms with Crippen LogP contribution >= 0.6 is 0 Å². The number of hydrogen-bond donors (Lipinski definition) is 5. The minimum absolute atomic E-state index is 0.0972. The summed E-state index contributed by atoms with van der Waals surface area (Å²) in [7, 11) is 0. The van der Waals surface area contributed by atoms with E-state index in [2.05, 4.69) is 20.3 Å². The highest BCUT2D eigenvalue weighted by Gasteiger charge is 2.12. The van der Waals surface area contributed by atoms with Gasteiger partial charge in [0, 0.05) is 24.8 Å². The molecule has 0 aliphatic rings. The quantitative estimate of drug-likeness (QED) is 0.372. The molecule has 0 aliphatic carbocycles. The van der Waals surface area contributed by atoms with Gasteiger partial charge in [-0.25, -0.2) is 4.98 Å². The number of nitrogens with one attached hydrogen (secondary N) is 1. The van der Waals surface area contributed by atoms with Gasteiger partial charge in [0.1, 0.15) is 17.6 Å². The fraction of sp³-hybridized carbons (Fsp3) is 0.263. The maximum absolute atomic E-state index is 10.7. The number of ether oxygens (including phenoxy) is 1. The number of carbonyl (C=O) groups is 1. The summed E-state index contributed by atoms with van der Waals surface area (Å²) in [6.45, 7) is 2.71. The first-order chi connectivity index (χ1) is 13.8. The lowest BCUT2D eigenvalue weighted by molar-refractivity contribution is -0.138. The molecule has 0 bridgehead atoms. The second kappa shape index (κ2) is 8.57. The Hall–Kier alpha value is -3.66. The van der Waals surface area contributed by atoms with Crippen LogP contribution in [0.2, 0.25) is 0 Å². The van der Waals surface area contributed by atoms with Crippen LogP contribution in [0.25, 0.3) is 11.0 Å². The first-order valence-electron chi connectivity index (χ1n) is 8.97. The summed E-state index contributed by atoms with van der Waals surface area (Å²) in [5, 5.41) is 12.8. The van der Waals surface area contributed by atoms with E-state index in [4.69, 9.17) is 27.0 Å². The van der Waals surface area contributed by atoms with E-state index in [0.29, 0.717) is 29.1 Å². The van der Waals surface area contributed by atoms with Gasteiger partial charge in [-0.2, -0.15) is 9.97 Å². The molecular formula is C19H23N7O3. The molecule has 10 heteroatoms. The second-order valence-electron chi connectivity index (χ2n) is 6.53. The minimum atomic E-state index is -1.04. The summed E-state index contributed by atoms with van der Waals surface area (Å²) in [5.41, 5.74) is 20.3. The number of fused-ring (bicyclic) bond motifs is 1. The minimum Gasteiger partial charge on any atom is -0.494 e. The number of carboxylic acids is 1. The Labute approximate surface area is 167 Å². The number of aryl methyl sites for hydroxylation is 1. The van der Waals surface area contributed by atoms with Crippen LogP contribution < -0.4 is 27.3 Å². The lowest BCUT2D eigenvalue weighted by atomic mass is 10.1. The summed E-state index contributed by atoms with van der Waals surface area (Å²) in [6, 6.07) is 6.41. The van der Waals surface area contributed by atoms with Crippen molar-refractivity contribution in [2.24, 2.45) is 5.73 Å². The molecule has 29 heavy (non-hydrogen) atoms. The summed E-state index contributed by atoms with van der Waals surface area (Å²) in [4.78, 5) is 23.1. The predicted molar refractivity (Wildman–Crippen MR) is 110 cm³/mol. The Morgan fingerprint density at radius 1 is 1.24 bits per heavy atom. The Bertz CT molecular complexity index is 1020. The van der Waals surface area contributed by atoms with Gasteiger partial charge in [0.05, 0.1) is 12.0 Å². The van der Waals surface area contributed by atoms with Crippen LogP contribution in [0.5, 0.6) is 5.75 Å². The smallest absolute Gasteiger partial charge is 0.320 e. The molecule has 8 N–H and O–H groups in total. The molecule has 3 aromatic rings. The maximum Gasteiger partial charge on any atom is 0.320 e. The standard InChI is InChI=1S/C19H23N7O3/c1-10-11(9-24-17-15(10)16(21)25-19(22)26-17)8-23-12-2-4-13(5-3-12)29-7-6-14(20)18(27)28/h2-5,9,14,23H,6-8,20H2,1H3,(H,27,28)(H4,21,22,24,25,26). The number of nitrogens with zero attached hydrogens (tertiary/aromatic N) is 3. The van der Waals surface area contributed by atoms with Gasteiger partial charge >= 0.3 is 5.97 Å². The highest BCUT2D eigenvalue weighted by atomic mass is 16.5. The predicted octanol–water partition coefficient (Wildman–Crippen LogP) is 1.29. The Morgan fingerprint density at radius 3 is 2.66 bits per heavy atom. The molecule has 1 atom stereocenters. The van der Waals surface area contributed by atoms with Gasteiger partial charge in [-0.1, -0.05) is 0 Å². The van der Waals surface area contributed by atoms with Crippen LogP contribution in [0, 0.1) is 6.92 Å². The van der Waals surface area contributed by atoms with Crippen molar-refractivity contribution < 1.29 is 14.6 Å². The monoisotopic (exact) mass is 397 g/mol. The number of nitrogens with two attached hydrogens (primary N) is 3. The Kier molecular flexibility index (Phi) is 5.93. The number of rotatable bonds is 8. The van der Waals surface area contributed by atoms with Crippen molar-refractivity contribution in [3.63, 3.8) is 0 Å². The first kappa shape index (κ1) is 20.1. The Balaban J connectivity index is 1.61. The molecule has 2 aromatic heterocycles. The third-order valence-electron chi connectivity index (χ3n) is 4.49. The van der Waals surface area contributed by atoms with E-state index < -0.39 is 12.0 Å². The highest BCUT2D eigenvalue weighted by Crippen LogP contribution is 2.24. The molecule has 0 aliphatic heterocycles. The van der Waals surface area contributed by atoms with E-state index in [0.717, 1.165) is 16.8 Å². The zero-order valence-corrected chi connectivity index (χ0v) is 15.9. The average molecular weight is 397 g/mol. The van der Waals surface area contributed by atoms with Crippen LogP contribution in [-0.4, -0.2) is 38.7 Å². The van der Waals surface area contributed by atoms with Gasteiger partial charge in [0.25, 0.3) is 0 Å². The molecule has 2 heterocycles. The molecule has 0 fully saturated rings. The van der Waals surface area contributed by atoms with Crippen LogP contribution in [0.4, 0.5) is 17.5 Å². The molecule has 3 rings (SSSR count). The van der Waals surface area contributed by atoms with E-state index in [9.17, 15) is 4.79 Å². The normalized spacial score (nSPS) is 11.9. The highest BCUT2D eigenvalue weighted by molar-refractivity contribution is 5.90. The van der Waals surface area contributed by atoms with Gasteiger partial charge in [-0.05, 0) is 42.3 Å². The second-order valence-corrected chi connectivity index (χ2v) is 6.53. The lowest BCUT2D eigenvalue weighted by Crippen LogP contribution is -2.31. The molecule has 0 saturated carbocycles. The Morgan fingerprint density at radius 2 is 1.97 bits per heavy atom. The number of pyridine rings is 1. The number of anilines is 3. The van der Waals surface area contributed by atoms with Crippen LogP contribution in [0.1, 0.15) is 17.5 Å². The van der Waals surface area contributed by atoms with Crippen LogP contribution in [-0.2, 0) is 11.3 Å². The van der Waals surface area contributed by atoms with Crippen molar-refractivity contribution in [1.82, 2.24) is 15.0 Å². The van der Waals surface area contributed by atoms with Gasteiger partial charge < -0.3 is 32.4 Å². The molecule has 0 saturated heterocycles. The fourth-order valence-electron chi connectivity index (χ4n) is 2.80. The molecule has 152 valence electrons. The van der Waals surface area contributed by atoms with E-state index in [1.54, 1.807) is 18.3 Å². The van der Waals surface area contributed by atoms with Crippen molar-refractivity contribution >= 4 is 34.5 Å². The van der Waals surface area contributed by atoms with Gasteiger partial charge in [0.2, 0.25) is 5.95 Å². The molecular weight excluding hydrogens is 374 g/mol. The molecule has 0 amide bonds. The summed E-state index contributed by atoms with van der Waals surface area (Å²) < 4.78 is 5.52. The number of aromatic nitrogens is 3. The molecule has 10 nitrogen and oxygen atoms in total. The number of aliphatic carboxylic acids is 1. The molecule has 0 spiro atoms. The van der Waals surface area contributed by atoms with Crippen molar-refractivity contribution in [3.05, 3.63) is 41.6 Å². The van der Waals surface area contributed by atoms with E-state index in [-0.39, 0.29) is 19.0 Å². The van der Waals surface area contributed by atoms with E-state index in [1.165, 1.54) is 0 Å². The van der Waals surface area contributed by atoms with E-state index in [1.807, 2.05) is 19.1 Å². The molecule has 1 aromatic carbocycles. The van der Waals surface area contributed by atoms with Crippen molar-refractivity contribution in [1.29, 1.82) is 0 Å². The SMILES string of the molecule is Cc1c(CNc2ccc(OCCC(N)C(=O)O)cc2)cnc2nc(N)nc(N)c12. The fourth-order valence-corrected chi connectivity index (χ4v) is 2.80. The van der Waals surface area contributed by atoms with Gasteiger partial charge in [0.15, 0.2) is 5.65 Å². The third-order valence-corrected chi connectivity index (χ3v) is 4.49. The van der Waals surface area contributed by atoms with Crippen LogP contribution in [0.3, 0.4) is 0 Å². The van der Waals surface area contributed by atoms with Crippen molar-refractivity contribution in [2.75, 3.05) is 23.4 Å². The summed E-state index contributed by atoms with van der Waals surface area (Å²) >= 11 is 0. The summed E-state index contributed by atoms with van der Waals surface area (Å²) in [6.07, 6.45) is 1.97. The first-order valence-corrected chi connectivity index (χ1v) is 8.97. The van der Waals surface area contributed by atoms with Crippen molar-refractivity contribution in [2.45, 2.75) is 25.9 Å². The lowest BCUT2D eigenvalue weighted by Gasteiger charge is -2.13. The summed E-state index contributed by atoms with van der Waals surface area (Å²) in [5.74, 6) is 0.00565. The average Bonchev–Trinajstić information content (AvgIpc) is 2.67. The van der Waals surface area contributed by atoms with Gasteiger partial charge in [-0.3, -0.25) is 4.79 Å². The zero-order chi connectivity index (χ0) is 21.0. The van der Waals surface area contributed by atoms with Crippen molar-refractivity contribution in [3.8, 4) is 5.75 Å². The topological polar surface area (TPSA) is 175 Å². The zero-order valence-electron chi connectivity index (χ0n) is 15.9. The van der Waals surface area contributed by atoms with Gasteiger partial charge in [-0.15, -0.1) is 0 Å². The maximum atomic E-state index is 10.7. The number of benzene rings is 1. The number of hydrogen-bond acceptors (Lipinski definition) is 9. The van der Waals surface area contributed by atoms with Crippen LogP contribution in [0.15, 0.2) is 30.5 Å².